The van der Waals surface area contributed by atoms with E-state index in [9.17, 15) is 4.79 Å². The minimum atomic E-state index is 0.343. The fourth-order valence-corrected chi connectivity index (χ4v) is 4.36. The SMILES string of the molecule is Cn1cccc1CN(CCC[NH+]1CCOCC1)C(=O)CCC1CCCC1. The van der Waals surface area contributed by atoms with E-state index in [0.29, 0.717) is 5.91 Å². The second-order valence-corrected chi connectivity index (χ2v) is 8.08. The molecule has 3 rings (SSSR count). The summed E-state index contributed by atoms with van der Waals surface area (Å²) in [5.41, 5.74) is 1.22. The highest BCUT2D eigenvalue weighted by Crippen LogP contribution is 2.28. The first-order valence-electron chi connectivity index (χ1n) is 10.5. The summed E-state index contributed by atoms with van der Waals surface area (Å²) in [6.07, 6.45) is 10.3. The Morgan fingerprint density at radius 2 is 2.08 bits per heavy atom. The van der Waals surface area contributed by atoms with Gasteiger partial charge < -0.3 is 19.1 Å². The largest absolute Gasteiger partial charge is 0.370 e. The Morgan fingerprint density at radius 3 is 2.77 bits per heavy atom. The Labute approximate surface area is 158 Å². The van der Waals surface area contributed by atoms with Crippen LogP contribution in [0.5, 0.6) is 0 Å². The van der Waals surface area contributed by atoms with Gasteiger partial charge in [-0.25, -0.2) is 0 Å². The predicted octanol–water partition coefficient (Wildman–Crippen LogP) is 1.63. The van der Waals surface area contributed by atoms with Gasteiger partial charge in [0.2, 0.25) is 5.91 Å². The number of rotatable bonds is 9. The molecule has 0 bridgehead atoms. The summed E-state index contributed by atoms with van der Waals surface area (Å²) in [4.78, 5) is 16.6. The van der Waals surface area contributed by atoms with Crippen molar-refractivity contribution in [3.8, 4) is 0 Å². The maximum Gasteiger partial charge on any atom is 0.222 e. The van der Waals surface area contributed by atoms with Crippen molar-refractivity contribution in [2.45, 2.75) is 51.5 Å². The van der Waals surface area contributed by atoms with Crippen LogP contribution in [0, 0.1) is 5.92 Å². The number of amides is 1. The number of aromatic nitrogens is 1. The molecule has 2 heterocycles. The molecular weight excluding hydrogens is 326 g/mol. The number of nitrogens with zero attached hydrogens (tertiary/aromatic N) is 2. The third-order valence-corrected chi connectivity index (χ3v) is 6.16. The van der Waals surface area contributed by atoms with Gasteiger partial charge in [-0.15, -0.1) is 0 Å². The summed E-state index contributed by atoms with van der Waals surface area (Å²) in [6, 6.07) is 4.19. The fourth-order valence-electron chi connectivity index (χ4n) is 4.36. The van der Waals surface area contributed by atoms with Gasteiger partial charge in [-0.05, 0) is 24.5 Å². The predicted molar refractivity (Wildman–Crippen MR) is 103 cm³/mol. The molecule has 1 amide bonds. The molecule has 1 N–H and O–H groups in total. The molecule has 146 valence electrons. The molecule has 1 saturated carbocycles. The van der Waals surface area contributed by atoms with Crippen molar-refractivity contribution in [1.82, 2.24) is 9.47 Å². The van der Waals surface area contributed by atoms with Gasteiger partial charge in [0.1, 0.15) is 13.1 Å². The van der Waals surface area contributed by atoms with Gasteiger partial charge >= 0.3 is 0 Å². The van der Waals surface area contributed by atoms with Crippen molar-refractivity contribution < 1.29 is 14.4 Å². The van der Waals surface area contributed by atoms with Gasteiger partial charge in [0.25, 0.3) is 0 Å². The first kappa shape index (κ1) is 19.4. The number of aryl methyl sites for hydroxylation is 1. The van der Waals surface area contributed by atoms with Crippen LogP contribution in [0.15, 0.2) is 18.3 Å². The van der Waals surface area contributed by atoms with E-state index in [4.69, 9.17) is 4.74 Å². The molecule has 2 fully saturated rings. The molecule has 5 nitrogen and oxygen atoms in total. The number of morpholine rings is 1. The first-order valence-corrected chi connectivity index (χ1v) is 10.5. The Bertz CT molecular complexity index is 545. The van der Waals surface area contributed by atoms with Crippen LogP contribution in [0.4, 0.5) is 0 Å². The number of quaternary nitrogens is 1. The summed E-state index contributed by atoms with van der Waals surface area (Å²) in [6.45, 7) is 6.72. The zero-order valence-corrected chi connectivity index (χ0v) is 16.4. The molecule has 0 spiro atoms. The van der Waals surface area contributed by atoms with Crippen LogP contribution in [-0.2, 0) is 23.1 Å². The van der Waals surface area contributed by atoms with Gasteiger partial charge in [0.15, 0.2) is 0 Å². The number of hydrogen-bond donors (Lipinski definition) is 1. The van der Waals surface area contributed by atoms with E-state index in [-0.39, 0.29) is 0 Å². The fraction of sp³-hybridized carbons (Fsp3) is 0.762. The monoisotopic (exact) mass is 362 g/mol. The number of nitrogens with one attached hydrogen (secondary N) is 1. The van der Waals surface area contributed by atoms with Gasteiger partial charge in [0.05, 0.1) is 26.3 Å². The van der Waals surface area contributed by atoms with Crippen LogP contribution in [0.2, 0.25) is 0 Å². The second kappa shape index (κ2) is 10.1. The molecule has 0 atom stereocenters. The highest BCUT2D eigenvalue weighted by atomic mass is 16.5. The molecule has 26 heavy (non-hydrogen) atoms. The molecular formula is C21H36N3O2+. The van der Waals surface area contributed by atoms with Crippen LogP contribution in [0.1, 0.15) is 50.6 Å². The van der Waals surface area contributed by atoms with Crippen LogP contribution >= 0.6 is 0 Å². The smallest absolute Gasteiger partial charge is 0.222 e. The molecule has 0 aromatic carbocycles. The van der Waals surface area contributed by atoms with Crippen molar-refractivity contribution in [2.24, 2.45) is 13.0 Å². The molecule has 5 heteroatoms. The standard InChI is InChI=1S/C21H35N3O2/c1-22-11-4-8-20(22)18-24(13-5-12-23-14-16-26-17-15-23)21(25)10-9-19-6-2-3-7-19/h4,8,11,19H,2-3,5-7,9-10,12-18H2,1H3/p+1. The minimum absolute atomic E-state index is 0.343. The second-order valence-electron chi connectivity index (χ2n) is 8.08. The number of hydrogen-bond acceptors (Lipinski definition) is 2. The molecule has 1 aliphatic carbocycles. The lowest BCUT2D eigenvalue weighted by Gasteiger charge is -2.27. The molecule has 1 aromatic rings. The van der Waals surface area contributed by atoms with Crippen molar-refractivity contribution >= 4 is 5.91 Å². The zero-order valence-electron chi connectivity index (χ0n) is 16.4. The van der Waals surface area contributed by atoms with Crippen molar-refractivity contribution in [2.75, 3.05) is 39.4 Å². The van der Waals surface area contributed by atoms with Gasteiger partial charge in [-0.2, -0.15) is 0 Å². The first-order chi connectivity index (χ1) is 12.7. The van der Waals surface area contributed by atoms with Crippen molar-refractivity contribution in [3.05, 3.63) is 24.0 Å². The Hall–Kier alpha value is -1.33. The minimum Gasteiger partial charge on any atom is -0.370 e. The summed E-state index contributed by atoms with van der Waals surface area (Å²) in [7, 11) is 2.06. The Balaban J connectivity index is 1.49. The van der Waals surface area contributed by atoms with E-state index in [1.807, 2.05) is 0 Å². The van der Waals surface area contributed by atoms with E-state index in [2.05, 4.69) is 34.8 Å². The quantitative estimate of drug-likeness (QED) is 0.725. The number of carbonyl (C=O) groups excluding carboxylic acids is 1. The Morgan fingerprint density at radius 1 is 1.31 bits per heavy atom. The molecule has 1 saturated heterocycles. The molecule has 0 unspecified atom stereocenters. The van der Waals surface area contributed by atoms with Crippen LogP contribution in [0.3, 0.4) is 0 Å². The van der Waals surface area contributed by atoms with E-state index < -0.39 is 0 Å². The Kier molecular flexibility index (Phi) is 7.56. The van der Waals surface area contributed by atoms with Crippen molar-refractivity contribution in [3.63, 3.8) is 0 Å². The third-order valence-electron chi connectivity index (χ3n) is 6.16. The number of carbonyl (C=O) groups is 1. The highest BCUT2D eigenvalue weighted by Gasteiger charge is 2.21. The summed E-state index contributed by atoms with van der Waals surface area (Å²) in [5, 5.41) is 0. The van der Waals surface area contributed by atoms with Crippen LogP contribution in [-0.4, -0.2) is 54.8 Å². The lowest BCUT2D eigenvalue weighted by Crippen LogP contribution is -3.14. The summed E-state index contributed by atoms with van der Waals surface area (Å²) >= 11 is 0. The zero-order chi connectivity index (χ0) is 18.2. The normalized spacial score (nSPS) is 19.1. The third kappa shape index (κ3) is 5.85. The van der Waals surface area contributed by atoms with Crippen molar-refractivity contribution in [1.29, 1.82) is 0 Å². The average Bonchev–Trinajstić information content (AvgIpc) is 3.32. The highest BCUT2D eigenvalue weighted by molar-refractivity contribution is 5.76. The van der Waals surface area contributed by atoms with E-state index in [1.165, 1.54) is 31.4 Å². The molecule has 1 aliphatic heterocycles. The van der Waals surface area contributed by atoms with Gasteiger partial charge in [-0.1, -0.05) is 25.7 Å². The molecule has 1 aromatic heterocycles. The lowest BCUT2D eigenvalue weighted by atomic mass is 10.0. The van der Waals surface area contributed by atoms with Gasteiger partial charge in [-0.3, -0.25) is 4.79 Å². The molecule has 2 aliphatic rings. The van der Waals surface area contributed by atoms with Gasteiger partial charge in [0, 0.05) is 38.3 Å². The maximum atomic E-state index is 12.9. The van der Waals surface area contributed by atoms with E-state index >= 15 is 0 Å². The van der Waals surface area contributed by atoms with E-state index in [1.54, 1.807) is 4.90 Å². The summed E-state index contributed by atoms with van der Waals surface area (Å²) in [5.74, 6) is 1.13. The number of ether oxygens (including phenoxy) is 1. The summed E-state index contributed by atoms with van der Waals surface area (Å²) < 4.78 is 7.57. The average molecular weight is 363 g/mol. The molecule has 0 radical (unpaired) electrons. The van der Waals surface area contributed by atoms with E-state index in [0.717, 1.165) is 71.1 Å². The topological polar surface area (TPSA) is 38.9 Å². The maximum absolute atomic E-state index is 12.9. The lowest BCUT2D eigenvalue weighted by molar-refractivity contribution is -0.908. The van der Waals surface area contributed by atoms with Crippen LogP contribution in [0.25, 0.3) is 0 Å². The van der Waals surface area contributed by atoms with Crippen LogP contribution < -0.4 is 4.90 Å².